The van der Waals surface area contributed by atoms with E-state index in [9.17, 15) is 8.42 Å². The molecular formula is C10H19N5O3S. The molecule has 0 saturated carbocycles. The SMILES string of the molecule is CC(C)(C)CCS(=O)(=O)Nc1[nH]ncc1C(N)=NO. The van der Waals surface area contributed by atoms with Gasteiger partial charge in [0.15, 0.2) is 5.84 Å². The van der Waals surface area contributed by atoms with Crippen LogP contribution in [-0.2, 0) is 10.0 Å². The molecule has 108 valence electrons. The number of amidine groups is 1. The van der Waals surface area contributed by atoms with Crippen molar-refractivity contribution in [3.8, 4) is 0 Å². The van der Waals surface area contributed by atoms with E-state index in [0.29, 0.717) is 6.42 Å². The van der Waals surface area contributed by atoms with Crippen LogP contribution in [0.25, 0.3) is 0 Å². The zero-order valence-electron chi connectivity index (χ0n) is 11.1. The summed E-state index contributed by atoms with van der Waals surface area (Å²) in [5.41, 5.74) is 5.52. The molecule has 1 rings (SSSR count). The maximum atomic E-state index is 11.9. The number of rotatable bonds is 5. The van der Waals surface area contributed by atoms with Crippen LogP contribution in [0.5, 0.6) is 0 Å². The fraction of sp³-hybridized carbons (Fsp3) is 0.600. The van der Waals surface area contributed by atoms with E-state index in [1.54, 1.807) is 0 Å². The molecule has 0 aromatic carbocycles. The maximum Gasteiger partial charge on any atom is 0.233 e. The monoisotopic (exact) mass is 289 g/mol. The Morgan fingerprint density at radius 1 is 1.58 bits per heavy atom. The molecule has 1 aromatic heterocycles. The first-order valence-corrected chi connectivity index (χ1v) is 7.31. The van der Waals surface area contributed by atoms with Gasteiger partial charge in [0.2, 0.25) is 10.0 Å². The highest BCUT2D eigenvalue weighted by atomic mass is 32.2. The van der Waals surface area contributed by atoms with Crippen LogP contribution in [0.4, 0.5) is 5.82 Å². The molecule has 0 aliphatic carbocycles. The molecule has 0 spiro atoms. The summed E-state index contributed by atoms with van der Waals surface area (Å²) < 4.78 is 26.1. The lowest BCUT2D eigenvalue weighted by molar-refractivity contribution is 0.318. The quantitative estimate of drug-likeness (QED) is 0.274. The number of oxime groups is 1. The number of aromatic amines is 1. The zero-order chi connectivity index (χ0) is 14.7. The lowest BCUT2D eigenvalue weighted by Crippen LogP contribution is -2.23. The van der Waals surface area contributed by atoms with Gasteiger partial charge >= 0.3 is 0 Å². The van der Waals surface area contributed by atoms with Gasteiger partial charge in [-0.1, -0.05) is 25.9 Å². The van der Waals surface area contributed by atoms with E-state index in [0.717, 1.165) is 0 Å². The molecule has 19 heavy (non-hydrogen) atoms. The summed E-state index contributed by atoms with van der Waals surface area (Å²) in [4.78, 5) is 0. The highest BCUT2D eigenvalue weighted by Gasteiger charge is 2.20. The Hall–Kier alpha value is -1.77. The number of nitrogens with two attached hydrogens (primary N) is 1. The van der Waals surface area contributed by atoms with E-state index in [1.165, 1.54) is 6.20 Å². The number of nitrogens with one attached hydrogen (secondary N) is 2. The minimum Gasteiger partial charge on any atom is -0.409 e. The van der Waals surface area contributed by atoms with E-state index in [2.05, 4.69) is 20.1 Å². The molecule has 0 aliphatic heterocycles. The van der Waals surface area contributed by atoms with Crippen molar-refractivity contribution in [1.29, 1.82) is 0 Å². The molecule has 8 nitrogen and oxygen atoms in total. The van der Waals surface area contributed by atoms with Crippen LogP contribution in [0.1, 0.15) is 32.8 Å². The van der Waals surface area contributed by atoms with Crippen LogP contribution in [0.15, 0.2) is 11.4 Å². The van der Waals surface area contributed by atoms with E-state index >= 15 is 0 Å². The summed E-state index contributed by atoms with van der Waals surface area (Å²) in [6, 6.07) is 0. The summed E-state index contributed by atoms with van der Waals surface area (Å²) in [6.45, 7) is 5.88. The topological polar surface area (TPSA) is 133 Å². The van der Waals surface area contributed by atoms with Gasteiger partial charge < -0.3 is 10.9 Å². The third-order valence-electron chi connectivity index (χ3n) is 2.40. The van der Waals surface area contributed by atoms with Gasteiger partial charge in [-0.2, -0.15) is 5.10 Å². The van der Waals surface area contributed by atoms with Crippen molar-refractivity contribution in [3.63, 3.8) is 0 Å². The van der Waals surface area contributed by atoms with Crippen molar-refractivity contribution in [2.45, 2.75) is 27.2 Å². The predicted octanol–water partition coefficient (Wildman–Crippen LogP) is 0.682. The molecule has 1 heterocycles. The summed E-state index contributed by atoms with van der Waals surface area (Å²) in [5, 5.41) is 17.5. The van der Waals surface area contributed by atoms with Crippen LogP contribution >= 0.6 is 0 Å². The molecule has 0 aliphatic rings. The summed E-state index contributed by atoms with van der Waals surface area (Å²) >= 11 is 0. The Kier molecular flexibility index (Phi) is 4.40. The molecule has 0 atom stereocenters. The van der Waals surface area contributed by atoms with E-state index in [1.807, 2.05) is 20.8 Å². The molecule has 5 N–H and O–H groups in total. The fourth-order valence-electron chi connectivity index (χ4n) is 1.26. The average molecular weight is 289 g/mol. The second kappa shape index (κ2) is 5.47. The van der Waals surface area contributed by atoms with Crippen LogP contribution in [0, 0.1) is 5.41 Å². The number of hydrogen-bond donors (Lipinski definition) is 4. The van der Waals surface area contributed by atoms with Gasteiger partial charge in [0.25, 0.3) is 0 Å². The summed E-state index contributed by atoms with van der Waals surface area (Å²) in [6.07, 6.45) is 1.78. The van der Waals surface area contributed by atoms with E-state index < -0.39 is 10.0 Å². The molecule has 0 amide bonds. The highest BCUT2D eigenvalue weighted by Crippen LogP contribution is 2.20. The van der Waals surface area contributed by atoms with E-state index in [4.69, 9.17) is 10.9 Å². The van der Waals surface area contributed by atoms with Crippen molar-refractivity contribution in [1.82, 2.24) is 10.2 Å². The Bertz CT molecular complexity index is 556. The number of hydrogen-bond acceptors (Lipinski definition) is 5. The van der Waals surface area contributed by atoms with E-state index in [-0.39, 0.29) is 28.4 Å². The predicted molar refractivity (Wildman–Crippen MR) is 72.6 cm³/mol. The van der Waals surface area contributed by atoms with Gasteiger partial charge in [-0.25, -0.2) is 8.42 Å². The first-order valence-electron chi connectivity index (χ1n) is 5.66. The fourth-order valence-corrected chi connectivity index (χ4v) is 2.71. The Balaban J connectivity index is 2.82. The molecule has 0 bridgehead atoms. The number of H-pyrrole nitrogens is 1. The zero-order valence-corrected chi connectivity index (χ0v) is 12.0. The van der Waals surface area contributed by atoms with Crippen LogP contribution in [0.2, 0.25) is 0 Å². The van der Waals surface area contributed by atoms with Gasteiger partial charge in [0.1, 0.15) is 5.82 Å². The van der Waals surface area contributed by atoms with Gasteiger partial charge in [-0.15, -0.1) is 0 Å². The standard InChI is InChI=1S/C10H19N5O3S/c1-10(2,3)4-5-19(17,18)15-9-7(6-12-13-9)8(11)14-16/h6,16H,4-5H2,1-3H3,(H2,11,14)(H2,12,13,15). The molecule has 0 saturated heterocycles. The normalized spacial score (nSPS) is 13.5. The molecule has 1 aromatic rings. The van der Waals surface area contributed by atoms with Gasteiger partial charge in [0.05, 0.1) is 17.5 Å². The Labute approximate surface area is 112 Å². The smallest absolute Gasteiger partial charge is 0.233 e. The lowest BCUT2D eigenvalue weighted by atomic mass is 9.94. The van der Waals surface area contributed by atoms with Gasteiger partial charge in [-0.05, 0) is 11.8 Å². The summed E-state index contributed by atoms with van der Waals surface area (Å²) in [5.74, 6) is -0.156. The van der Waals surface area contributed by atoms with Crippen molar-refractivity contribution in [2.75, 3.05) is 10.5 Å². The van der Waals surface area contributed by atoms with Crippen molar-refractivity contribution in [3.05, 3.63) is 11.8 Å². The highest BCUT2D eigenvalue weighted by molar-refractivity contribution is 7.92. The van der Waals surface area contributed by atoms with Gasteiger partial charge in [0, 0.05) is 0 Å². The minimum absolute atomic E-state index is 0.0227. The van der Waals surface area contributed by atoms with Crippen LogP contribution in [0.3, 0.4) is 0 Å². The number of sulfonamides is 1. The summed E-state index contributed by atoms with van der Waals surface area (Å²) in [7, 11) is -3.52. The molecule has 0 unspecified atom stereocenters. The van der Waals surface area contributed by atoms with Crippen molar-refractivity contribution >= 4 is 21.7 Å². The Morgan fingerprint density at radius 2 is 2.21 bits per heavy atom. The molecule has 0 fully saturated rings. The van der Waals surface area contributed by atoms with Crippen molar-refractivity contribution < 1.29 is 13.6 Å². The Morgan fingerprint density at radius 3 is 2.74 bits per heavy atom. The first kappa shape index (κ1) is 15.3. The maximum absolute atomic E-state index is 11.9. The largest absolute Gasteiger partial charge is 0.409 e. The minimum atomic E-state index is -3.52. The van der Waals surface area contributed by atoms with Crippen LogP contribution in [-0.4, -0.2) is 35.4 Å². The molecule has 9 heteroatoms. The third kappa shape index (κ3) is 4.78. The molecular weight excluding hydrogens is 270 g/mol. The molecule has 0 radical (unpaired) electrons. The number of nitrogens with zero attached hydrogens (tertiary/aromatic N) is 2. The second-order valence-corrected chi connectivity index (χ2v) is 7.22. The van der Waals surface area contributed by atoms with Crippen LogP contribution < -0.4 is 10.5 Å². The third-order valence-corrected chi connectivity index (χ3v) is 3.66. The number of anilines is 1. The van der Waals surface area contributed by atoms with Gasteiger partial charge in [-0.3, -0.25) is 9.82 Å². The second-order valence-electron chi connectivity index (χ2n) is 5.38. The first-order chi connectivity index (χ1) is 8.64. The van der Waals surface area contributed by atoms with Crippen molar-refractivity contribution in [2.24, 2.45) is 16.3 Å². The average Bonchev–Trinajstić information content (AvgIpc) is 2.72. The number of aromatic nitrogens is 2. The lowest BCUT2D eigenvalue weighted by Gasteiger charge is -2.18.